The monoisotopic (exact) mass is 291 g/mol. The van der Waals surface area contributed by atoms with E-state index in [0.29, 0.717) is 12.3 Å². The highest BCUT2D eigenvalue weighted by Crippen LogP contribution is 2.23. The van der Waals surface area contributed by atoms with E-state index in [1.165, 1.54) is 5.56 Å². The highest BCUT2D eigenvalue weighted by Gasteiger charge is 2.02. The second-order valence-corrected chi connectivity index (χ2v) is 4.98. The van der Waals surface area contributed by atoms with E-state index in [1.54, 1.807) is 13.2 Å². The molecule has 0 amide bonds. The first kappa shape index (κ1) is 14.7. The topological polar surface area (TPSA) is 41.5 Å². The highest BCUT2D eigenvalue weighted by molar-refractivity contribution is 6.30. The van der Waals surface area contributed by atoms with Crippen molar-refractivity contribution in [3.05, 3.63) is 58.6 Å². The number of phenolic OH excluding ortho intramolecular Hbond substituents is 1. The Bertz CT molecular complexity index is 555. The summed E-state index contributed by atoms with van der Waals surface area (Å²) in [5, 5.41) is 13.9. The van der Waals surface area contributed by atoms with Gasteiger partial charge in [0.1, 0.15) is 11.5 Å². The number of hydrogen-bond acceptors (Lipinski definition) is 3. The second kappa shape index (κ2) is 7.17. The minimum Gasteiger partial charge on any atom is -0.507 e. The number of aromatic hydroxyl groups is 1. The maximum atomic E-state index is 9.83. The minimum atomic E-state index is 0.253. The van der Waals surface area contributed by atoms with Crippen molar-refractivity contribution in [2.45, 2.75) is 13.0 Å². The number of rotatable bonds is 6. The number of halogens is 1. The third-order valence-corrected chi connectivity index (χ3v) is 3.36. The Kier molecular flexibility index (Phi) is 5.27. The van der Waals surface area contributed by atoms with Crippen molar-refractivity contribution < 1.29 is 9.84 Å². The first-order chi connectivity index (χ1) is 9.69. The molecule has 0 heterocycles. The van der Waals surface area contributed by atoms with Crippen LogP contribution in [0.15, 0.2) is 42.5 Å². The molecule has 0 aliphatic carbocycles. The summed E-state index contributed by atoms with van der Waals surface area (Å²) in [7, 11) is 1.58. The minimum absolute atomic E-state index is 0.253. The van der Waals surface area contributed by atoms with Crippen molar-refractivity contribution in [2.24, 2.45) is 0 Å². The Balaban J connectivity index is 1.79. The highest BCUT2D eigenvalue weighted by atomic mass is 35.5. The van der Waals surface area contributed by atoms with Crippen LogP contribution in [0.1, 0.15) is 11.1 Å². The van der Waals surface area contributed by atoms with Gasteiger partial charge in [0.25, 0.3) is 0 Å². The molecule has 0 aliphatic heterocycles. The van der Waals surface area contributed by atoms with Crippen molar-refractivity contribution in [1.29, 1.82) is 0 Å². The molecule has 0 aliphatic rings. The van der Waals surface area contributed by atoms with Crippen LogP contribution in [-0.4, -0.2) is 18.8 Å². The van der Waals surface area contributed by atoms with Crippen LogP contribution in [0.3, 0.4) is 0 Å². The lowest BCUT2D eigenvalue weighted by molar-refractivity contribution is 0.406. The number of hydrogen-bond donors (Lipinski definition) is 2. The van der Waals surface area contributed by atoms with Gasteiger partial charge in [-0.2, -0.15) is 0 Å². The average Bonchev–Trinajstić information content (AvgIpc) is 2.46. The van der Waals surface area contributed by atoms with Crippen LogP contribution in [0.25, 0.3) is 0 Å². The van der Waals surface area contributed by atoms with Crippen molar-refractivity contribution >= 4 is 11.6 Å². The summed E-state index contributed by atoms with van der Waals surface area (Å²) in [5.74, 6) is 0.913. The summed E-state index contributed by atoms with van der Waals surface area (Å²) in [6.07, 6.45) is 0.925. The Morgan fingerprint density at radius 2 is 1.90 bits per heavy atom. The largest absolute Gasteiger partial charge is 0.507 e. The van der Waals surface area contributed by atoms with E-state index in [9.17, 15) is 5.11 Å². The molecule has 0 bridgehead atoms. The molecule has 0 aromatic heterocycles. The Labute approximate surface area is 124 Å². The molecule has 4 heteroatoms. The van der Waals surface area contributed by atoms with Gasteiger partial charge in [0, 0.05) is 23.2 Å². The van der Waals surface area contributed by atoms with Gasteiger partial charge in [0.05, 0.1) is 7.11 Å². The van der Waals surface area contributed by atoms with Gasteiger partial charge in [-0.05, 0) is 36.7 Å². The molecule has 2 rings (SSSR count). The van der Waals surface area contributed by atoms with Crippen LogP contribution in [0, 0.1) is 0 Å². The van der Waals surface area contributed by atoms with E-state index >= 15 is 0 Å². The lowest BCUT2D eigenvalue weighted by atomic mass is 10.1. The predicted octanol–water partition coefficient (Wildman–Crippen LogP) is 3.39. The third kappa shape index (κ3) is 4.15. The Morgan fingerprint density at radius 3 is 2.55 bits per heavy atom. The van der Waals surface area contributed by atoms with E-state index in [4.69, 9.17) is 16.3 Å². The van der Waals surface area contributed by atoms with Gasteiger partial charge >= 0.3 is 0 Å². The molecule has 0 atom stereocenters. The van der Waals surface area contributed by atoms with Gasteiger partial charge in [-0.1, -0.05) is 29.8 Å². The molecule has 2 N–H and O–H groups in total. The van der Waals surface area contributed by atoms with Gasteiger partial charge in [-0.25, -0.2) is 0 Å². The first-order valence-electron chi connectivity index (χ1n) is 6.50. The number of ether oxygens (including phenoxy) is 1. The zero-order valence-electron chi connectivity index (χ0n) is 11.4. The van der Waals surface area contributed by atoms with Gasteiger partial charge in [-0.15, -0.1) is 0 Å². The fourth-order valence-electron chi connectivity index (χ4n) is 1.93. The van der Waals surface area contributed by atoms with E-state index in [1.807, 2.05) is 36.4 Å². The first-order valence-corrected chi connectivity index (χ1v) is 6.88. The molecule has 2 aromatic rings. The normalized spacial score (nSPS) is 10.5. The van der Waals surface area contributed by atoms with E-state index in [0.717, 1.165) is 23.6 Å². The van der Waals surface area contributed by atoms with Crippen molar-refractivity contribution in [1.82, 2.24) is 5.32 Å². The molecule has 20 heavy (non-hydrogen) atoms. The van der Waals surface area contributed by atoms with E-state index < -0.39 is 0 Å². The lowest BCUT2D eigenvalue weighted by Crippen LogP contribution is -2.16. The van der Waals surface area contributed by atoms with E-state index in [-0.39, 0.29) is 5.75 Å². The van der Waals surface area contributed by atoms with Gasteiger partial charge in [0.2, 0.25) is 0 Å². The smallest absolute Gasteiger partial charge is 0.123 e. The lowest BCUT2D eigenvalue weighted by Gasteiger charge is -2.08. The second-order valence-electron chi connectivity index (χ2n) is 4.55. The third-order valence-electron chi connectivity index (χ3n) is 3.11. The van der Waals surface area contributed by atoms with Crippen LogP contribution in [0.2, 0.25) is 5.02 Å². The van der Waals surface area contributed by atoms with Gasteiger partial charge < -0.3 is 15.2 Å². The van der Waals surface area contributed by atoms with Crippen molar-refractivity contribution in [3.8, 4) is 11.5 Å². The summed E-state index contributed by atoms with van der Waals surface area (Å²) >= 11 is 5.84. The molecule has 0 saturated heterocycles. The predicted molar refractivity (Wildman–Crippen MR) is 81.5 cm³/mol. The molecular weight excluding hydrogens is 274 g/mol. The van der Waals surface area contributed by atoms with Crippen molar-refractivity contribution in [3.63, 3.8) is 0 Å². The average molecular weight is 292 g/mol. The maximum absolute atomic E-state index is 9.83. The fourth-order valence-corrected chi connectivity index (χ4v) is 2.05. The Hall–Kier alpha value is -1.71. The van der Waals surface area contributed by atoms with Crippen LogP contribution in [0.4, 0.5) is 0 Å². The molecule has 0 unspecified atom stereocenters. The van der Waals surface area contributed by atoms with E-state index in [2.05, 4.69) is 5.32 Å². The molecule has 3 nitrogen and oxygen atoms in total. The number of phenols is 1. The molecule has 106 valence electrons. The molecule has 0 saturated carbocycles. The summed E-state index contributed by atoms with van der Waals surface area (Å²) < 4.78 is 5.05. The molecular formula is C16H18ClNO2. The fraction of sp³-hybridized carbons (Fsp3) is 0.250. The summed E-state index contributed by atoms with van der Waals surface area (Å²) in [4.78, 5) is 0. The summed E-state index contributed by atoms with van der Waals surface area (Å²) in [6, 6.07) is 13.2. The summed E-state index contributed by atoms with van der Waals surface area (Å²) in [6.45, 7) is 1.47. The zero-order chi connectivity index (χ0) is 14.4. The molecule has 0 fully saturated rings. The molecule has 2 aromatic carbocycles. The Morgan fingerprint density at radius 1 is 1.15 bits per heavy atom. The maximum Gasteiger partial charge on any atom is 0.123 e. The summed E-state index contributed by atoms with van der Waals surface area (Å²) in [5.41, 5.74) is 2.10. The van der Waals surface area contributed by atoms with Gasteiger partial charge in [0.15, 0.2) is 0 Å². The quantitative estimate of drug-likeness (QED) is 0.802. The standard InChI is InChI=1S/C16H18ClNO2/c1-20-15-7-4-13(16(19)10-15)11-18-9-8-12-2-5-14(17)6-3-12/h2-7,10,18-19H,8-9,11H2,1H3. The van der Waals surface area contributed by atoms with Gasteiger partial charge in [-0.3, -0.25) is 0 Å². The number of methoxy groups -OCH3 is 1. The van der Waals surface area contributed by atoms with Crippen molar-refractivity contribution in [2.75, 3.05) is 13.7 Å². The molecule has 0 spiro atoms. The molecule has 0 radical (unpaired) electrons. The van der Waals surface area contributed by atoms with Crippen LogP contribution < -0.4 is 10.1 Å². The van der Waals surface area contributed by atoms with Crippen LogP contribution >= 0.6 is 11.6 Å². The number of nitrogens with one attached hydrogen (secondary N) is 1. The van der Waals surface area contributed by atoms with Crippen LogP contribution in [-0.2, 0) is 13.0 Å². The SMILES string of the molecule is COc1ccc(CNCCc2ccc(Cl)cc2)c(O)c1. The zero-order valence-corrected chi connectivity index (χ0v) is 12.2. The number of benzene rings is 2. The van der Waals surface area contributed by atoms with Crippen LogP contribution in [0.5, 0.6) is 11.5 Å².